The zero-order chi connectivity index (χ0) is 10.6. The van der Waals surface area contributed by atoms with Crippen LogP contribution in [0.25, 0.3) is 0 Å². The quantitative estimate of drug-likeness (QED) is 0.778. The van der Waals surface area contributed by atoms with Crippen molar-refractivity contribution >= 4 is 0 Å². The molecule has 1 atom stereocenters. The molecule has 1 aromatic carbocycles. The van der Waals surface area contributed by atoms with Gasteiger partial charge in [-0.15, -0.1) is 0 Å². The molecular weight excluding hydrogens is 177 g/mol. The minimum absolute atomic E-state index is 0.142. The third-order valence-corrected chi connectivity index (χ3v) is 2.33. The number of hydrogen-bond acceptors (Lipinski definition) is 1. The first-order valence-corrected chi connectivity index (χ1v) is 5.17. The monoisotopic (exact) mass is 195 g/mol. The van der Waals surface area contributed by atoms with E-state index in [1.54, 1.807) is 12.1 Å². The standard InChI is InChI=1S/C12H18FN/c1-4-12(14-5-2)10-6-9(3)7-11(13)8-10/h6-8,12,14H,4-5H2,1-3H3. The summed E-state index contributed by atoms with van der Waals surface area (Å²) in [6.07, 6.45) is 0.983. The summed E-state index contributed by atoms with van der Waals surface area (Å²) in [7, 11) is 0. The van der Waals surface area contributed by atoms with Crippen LogP contribution in [0.3, 0.4) is 0 Å². The van der Waals surface area contributed by atoms with Gasteiger partial charge >= 0.3 is 0 Å². The molecule has 0 aromatic heterocycles. The normalized spacial score (nSPS) is 12.9. The van der Waals surface area contributed by atoms with Crippen LogP contribution >= 0.6 is 0 Å². The van der Waals surface area contributed by atoms with E-state index in [9.17, 15) is 4.39 Å². The highest BCUT2D eigenvalue weighted by Gasteiger charge is 2.08. The van der Waals surface area contributed by atoms with Crippen LogP contribution in [0.4, 0.5) is 4.39 Å². The van der Waals surface area contributed by atoms with E-state index in [4.69, 9.17) is 0 Å². The van der Waals surface area contributed by atoms with Crippen molar-refractivity contribution in [2.45, 2.75) is 33.2 Å². The van der Waals surface area contributed by atoms with Crippen molar-refractivity contribution in [2.75, 3.05) is 6.54 Å². The van der Waals surface area contributed by atoms with E-state index in [2.05, 4.69) is 19.2 Å². The van der Waals surface area contributed by atoms with Gasteiger partial charge in [-0.3, -0.25) is 0 Å². The fourth-order valence-electron chi connectivity index (χ4n) is 1.71. The molecule has 0 radical (unpaired) electrons. The van der Waals surface area contributed by atoms with Crippen LogP contribution in [-0.4, -0.2) is 6.54 Å². The number of benzene rings is 1. The second-order valence-electron chi connectivity index (χ2n) is 3.58. The summed E-state index contributed by atoms with van der Waals surface area (Å²) in [5.41, 5.74) is 2.03. The van der Waals surface area contributed by atoms with Crippen LogP contribution in [0.15, 0.2) is 18.2 Å². The molecule has 0 fully saturated rings. The van der Waals surface area contributed by atoms with Crippen molar-refractivity contribution < 1.29 is 4.39 Å². The first-order valence-electron chi connectivity index (χ1n) is 5.17. The van der Waals surface area contributed by atoms with Gasteiger partial charge in [-0.05, 0) is 43.1 Å². The molecule has 0 aliphatic rings. The SMILES string of the molecule is CCNC(CC)c1cc(C)cc(F)c1. The zero-order valence-electron chi connectivity index (χ0n) is 9.10. The molecule has 1 nitrogen and oxygen atoms in total. The highest BCUT2D eigenvalue weighted by molar-refractivity contribution is 5.26. The van der Waals surface area contributed by atoms with Crippen molar-refractivity contribution in [1.29, 1.82) is 0 Å². The molecule has 2 heteroatoms. The average molecular weight is 195 g/mol. The maximum absolute atomic E-state index is 13.1. The number of halogens is 1. The summed E-state index contributed by atoms with van der Waals surface area (Å²) in [6.45, 7) is 7.00. The smallest absolute Gasteiger partial charge is 0.123 e. The maximum atomic E-state index is 13.1. The van der Waals surface area contributed by atoms with Crippen LogP contribution < -0.4 is 5.32 Å². The van der Waals surface area contributed by atoms with E-state index in [-0.39, 0.29) is 11.9 Å². The van der Waals surface area contributed by atoms with E-state index in [1.165, 1.54) is 0 Å². The molecule has 0 spiro atoms. The summed E-state index contributed by atoms with van der Waals surface area (Å²) in [5, 5.41) is 3.34. The third-order valence-electron chi connectivity index (χ3n) is 2.33. The Bertz CT molecular complexity index is 276. The molecule has 0 saturated heterocycles. The van der Waals surface area contributed by atoms with Crippen molar-refractivity contribution in [3.63, 3.8) is 0 Å². The van der Waals surface area contributed by atoms with Crippen molar-refractivity contribution in [3.8, 4) is 0 Å². The Labute approximate surface area is 85.3 Å². The summed E-state index contributed by atoms with van der Waals surface area (Å²) < 4.78 is 13.1. The van der Waals surface area contributed by atoms with Gasteiger partial charge in [-0.25, -0.2) is 4.39 Å². The first kappa shape index (κ1) is 11.2. The fourth-order valence-corrected chi connectivity index (χ4v) is 1.71. The lowest BCUT2D eigenvalue weighted by molar-refractivity contribution is 0.531. The second-order valence-corrected chi connectivity index (χ2v) is 3.58. The molecule has 1 N–H and O–H groups in total. The van der Waals surface area contributed by atoms with Crippen molar-refractivity contribution in [2.24, 2.45) is 0 Å². The van der Waals surface area contributed by atoms with Gasteiger partial charge in [-0.1, -0.05) is 19.9 Å². The highest BCUT2D eigenvalue weighted by Crippen LogP contribution is 2.19. The predicted molar refractivity (Wildman–Crippen MR) is 57.8 cm³/mol. The minimum atomic E-state index is -0.142. The Morgan fingerprint density at radius 1 is 1.29 bits per heavy atom. The van der Waals surface area contributed by atoms with Gasteiger partial charge in [0.25, 0.3) is 0 Å². The molecular formula is C12H18FN. The molecule has 78 valence electrons. The number of nitrogens with one attached hydrogen (secondary N) is 1. The Morgan fingerprint density at radius 3 is 2.50 bits per heavy atom. The molecule has 1 aromatic rings. The Morgan fingerprint density at radius 2 is 2.00 bits per heavy atom. The molecule has 1 rings (SSSR count). The Balaban J connectivity index is 2.91. The maximum Gasteiger partial charge on any atom is 0.123 e. The minimum Gasteiger partial charge on any atom is -0.310 e. The van der Waals surface area contributed by atoms with Gasteiger partial charge in [0.05, 0.1) is 0 Å². The van der Waals surface area contributed by atoms with Crippen LogP contribution in [0.2, 0.25) is 0 Å². The van der Waals surface area contributed by atoms with E-state index >= 15 is 0 Å². The lowest BCUT2D eigenvalue weighted by atomic mass is 10.0. The summed E-state index contributed by atoms with van der Waals surface area (Å²) in [5.74, 6) is -0.142. The van der Waals surface area contributed by atoms with Crippen LogP contribution in [0.1, 0.15) is 37.4 Å². The van der Waals surface area contributed by atoms with Gasteiger partial charge in [0, 0.05) is 6.04 Å². The molecule has 0 heterocycles. The summed E-state index contributed by atoms with van der Waals surface area (Å²) in [6, 6.07) is 5.49. The fraction of sp³-hybridized carbons (Fsp3) is 0.500. The van der Waals surface area contributed by atoms with Crippen LogP contribution in [-0.2, 0) is 0 Å². The number of aryl methyl sites for hydroxylation is 1. The molecule has 0 aliphatic carbocycles. The molecule has 14 heavy (non-hydrogen) atoms. The Kier molecular flexibility index (Phi) is 4.08. The molecule has 0 saturated carbocycles. The van der Waals surface area contributed by atoms with Gasteiger partial charge in [0.2, 0.25) is 0 Å². The van der Waals surface area contributed by atoms with Crippen molar-refractivity contribution in [1.82, 2.24) is 5.32 Å². The second kappa shape index (κ2) is 5.11. The molecule has 0 aliphatic heterocycles. The number of rotatable bonds is 4. The third kappa shape index (κ3) is 2.81. The van der Waals surface area contributed by atoms with Crippen LogP contribution in [0.5, 0.6) is 0 Å². The Hall–Kier alpha value is -0.890. The topological polar surface area (TPSA) is 12.0 Å². The average Bonchev–Trinajstić information content (AvgIpc) is 2.12. The number of hydrogen-bond donors (Lipinski definition) is 1. The highest BCUT2D eigenvalue weighted by atomic mass is 19.1. The van der Waals surface area contributed by atoms with E-state index in [0.29, 0.717) is 0 Å². The van der Waals surface area contributed by atoms with E-state index < -0.39 is 0 Å². The van der Waals surface area contributed by atoms with E-state index in [1.807, 2.05) is 13.0 Å². The lowest BCUT2D eigenvalue weighted by Crippen LogP contribution is -2.20. The van der Waals surface area contributed by atoms with Gasteiger partial charge in [-0.2, -0.15) is 0 Å². The van der Waals surface area contributed by atoms with Gasteiger partial charge < -0.3 is 5.32 Å². The summed E-state index contributed by atoms with van der Waals surface area (Å²) >= 11 is 0. The van der Waals surface area contributed by atoms with Crippen molar-refractivity contribution in [3.05, 3.63) is 35.1 Å². The predicted octanol–water partition coefficient (Wildman–Crippen LogP) is 3.19. The largest absolute Gasteiger partial charge is 0.310 e. The first-order chi connectivity index (χ1) is 6.67. The molecule has 0 amide bonds. The molecule has 0 bridgehead atoms. The zero-order valence-corrected chi connectivity index (χ0v) is 9.10. The van der Waals surface area contributed by atoms with Gasteiger partial charge in [0.15, 0.2) is 0 Å². The molecule has 1 unspecified atom stereocenters. The van der Waals surface area contributed by atoms with Gasteiger partial charge in [0.1, 0.15) is 5.82 Å². The lowest BCUT2D eigenvalue weighted by Gasteiger charge is -2.16. The van der Waals surface area contributed by atoms with Crippen LogP contribution in [0, 0.1) is 12.7 Å². The van der Waals surface area contributed by atoms with E-state index in [0.717, 1.165) is 24.1 Å². The summed E-state index contributed by atoms with van der Waals surface area (Å²) in [4.78, 5) is 0.